The van der Waals surface area contributed by atoms with Gasteiger partial charge in [0.05, 0.1) is 16.8 Å². The van der Waals surface area contributed by atoms with Crippen molar-refractivity contribution in [2.45, 2.75) is 13.8 Å². The van der Waals surface area contributed by atoms with Crippen LogP contribution in [-0.4, -0.2) is 21.7 Å². The van der Waals surface area contributed by atoms with Gasteiger partial charge in [0.2, 0.25) is 5.88 Å². The van der Waals surface area contributed by atoms with E-state index < -0.39 is 23.5 Å². The van der Waals surface area contributed by atoms with Gasteiger partial charge in [0.25, 0.3) is 5.91 Å². The molecule has 0 spiro atoms. The first-order valence-corrected chi connectivity index (χ1v) is 12.1. The number of halogens is 2. The number of hydrogen-bond donors (Lipinski definition) is 1. The molecule has 1 amide bonds. The van der Waals surface area contributed by atoms with Crippen molar-refractivity contribution in [2.75, 3.05) is 5.32 Å². The summed E-state index contributed by atoms with van der Waals surface area (Å²) in [5.41, 5.74) is 3.32. The van der Waals surface area contributed by atoms with E-state index in [-0.39, 0.29) is 22.7 Å². The van der Waals surface area contributed by atoms with Gasteiger partial charge in [0, 0.05) is 18.2 Å². The summed E-state index contributed by atoms with van der Waals surface area (Å²) in [7, 11) is 0. The van der Waals surface area contributed by atoms with Crippen LogP contribution in [0.5, 0.6) is 5.88 Å². The van der Waals surface area contributed by atoms with E-state index in [1.54, 1.807) is 48.5 Å². The van der Waals surface area contributed by atoms with Crippen LogP contribution in [0.4, 0.5) is 14.5 Å². The molecular formula is C31H23F2N3O3. The van der Waals surface area contributed by atoms with E-state index in [2.05, 4.69) is 5.32 Å². The average molecular weight is 524 g/mol. The molecule has 0 atom stereocenters. The summed E-state index contributed by atoms with van der Waals surface area (Å²) in [5.74, 6) is -2.16. The topological polar surface area (TPSA) is 73.2 Å². The Hall–Kier alpha value is -5.11. The van der Waals surface area contributed by atoms with Gasteiger partial charge in [-0.1, -0.05) is 54.6 Å². The largest absolute Gasteiger partial charge is 0.407 e. The number of aryl methyl sites for hydroxylation is 1. The van der Waals surface area contributed by atoms with Crippen LogP contribution in [-0.2, 0) is 4.79 Å². The van der Waals surface area contributed by atoms with Crippen LogP contribution >= 0.6 is 0 Å². The number of benzene rings is 4. The second kappa shape index (κ2) is 10.7. The molecule has 0 unspecified atom stereocenters. The third-order valence-electron chi connectivity index (χ3n) is 6.11. The number of carbonyl (C=O) groups is 2. The second-order valence-corrected chi connectivity index (χ2v) is 8.81. The van der Waals surface area contributed by atoms with Crippen molar-refractivity contribution in [1.29, 1.82) is 0 Å². The van der Waals surface area contributed by atoms with Gasteiger partial charge in [-0.05, 0) is 60.5 Å². The minimum absolute atomic E-state index is 0.0833. The maximum atomic E-state index is 15.0. The Morgan fingerprint density at radius 2 is 1.46 bits per heavy atom. The van der Waals surface area contributed by atoms with Gasteiger partial charge >= 0.3 is 5.97 Å². The Morgan fingerprint density at radius 3 is 2.13 bits per heavy atom. The van der Waals surface area contributed by atoms with Gasteiger partial charge in [-0.25, -0.2) is 8.78 Å². The molecule has 39 heavy (non-hydrogen) atoms. The molecule has 0 aliphatic heterocycles. The molecule has 0 aliphatic carbocycles. The van der Waals surface area contributed by atoms with E-state index in [0.717, 1.165) is 5.56 Å². The van der Waals surface area contributed by atoms with Crippen LogP contribution in [0.25, 0.3) is 28.1 Å². The number of amides is 1. The van der Waals surface area contributed by atoms with Gasteiger partial charge in [-0.15, -0.1) is 0 Å². The molecule has 194 valence electrons. The Kier molecular flexibility index (Phi) is 7.01. The molecule has 0 radical (unpaired) electrons. The number of esters is 1. The van der Waals surface area contributed by atoms with E-state index in [1.807, 2.05) is 31.2 Å². The third-order valence-corrected chi connectivity index (χ3v) is 6.11. The number of anilines is 1. The zero-order valence-corrected chi connectivity index (χ0v) is 21.1. The molecule has 0 aliphatic rings. The van der Waals surface area contributed by atoms with Gasteiger partial charge in [-0.2, -0.15) is 9.78 Å². The summed E-state index contributed by atoms with van der Waals surface area (Å²) < 4.78 is 36.2. The molecule has 5 rings (SSSR count). The third kappa shape index (κ3) is 5.17. The molecule has 0 fully saturated rings. The molecule has 1 aromatic heterocycles. The fourth-order valence-electron chi connectivity index (χ4n) is 4.26. The number of aromatic nitrogens is 2. The van der Waals surface area contributed by atoms with Crippen molar-refractivity contribution in [2.24, 2.45) is 0 Å². The van der Waals surface area contributed by atoms with Crippen LogP contribution < -0.4 is 10.1 Å². The Balaban J connectivity index is 1.64. The summed E-state index contributed by atoms with van der Waals surface area (Å²) in [4.78, 5) is 24.8. The normalized spacial score (nSPS) is 10.8. The molecule has 1 N–H and O–H groups in total. The molecule has 8 heteroatoms. The lowest BCUT2D eigenvalue weighted by atomic mass is 10.0. The molecule has 0 saturated heterocycles. The molecule has 6 nitrogen and oxygen atoms in total. The van der Waals surface area contributed by atoms with Crippen molar-refractivity contribution < 1.29 is 23.1 Å². The number of nitrogens with one attached hydrogen (secondary N) is 1. The van der Waals surface area contributed by atoms with Crippen molar-refractivity contribution in [3.8, 4) is 34.0 Å². The predicted molar refractivity (Wildman–Crippen MR) is 145 cm³/mol. The number of ether oxygens (including phenoxy) is 1. The molecule has 1 heterocycles. The SMILES string of the molecule is CC(=O)Oc1c(-c2ccc(NC(=O)c3ccccc3F)cc2)c(-c2ccccc2F)nn1-c1ccccc1C. The number of hydrogen-bond acceptors (Lipinski definition) is 4. The first-order chi connectivity index (χ1) is 18.8. The molecule has 0 saturated carbocycles. The summed E-state index contributed by atoms with van der Waals surface area (Å²) in [6, 6.07) is 26.0. The molecule has 4 aromatic carbocycles. The summed E-state index contributed by atoms with van der Waals surface area (Å²) >= 11 is 0. The van der Waals surface area contributed by atoms with Gasteiger partial charge in [0.15, 0.2) is 0 Å². The smallest absolute Gasteiger partial charge is 0.309 e. The minimum atomic E-state index is -0.629. The molecule has 0 bridgehead atoms. The fraction of sp³-hybridized carbons (Fsp3) is 0.0645. The summed E-state index contributed by atoms with van der Waals surface area (Å²) in [5, 5.41) is 7.38. The number of nitrogens with zero attached hydrogens (tertiary/aromatic N) is 2. The standard InChI is InChI=1S/C31H23F2N3O3/c1-19-9-3-8-14-27(19)36-31(39-20(2)37)28(29(35-36)23-10-4-6-12-25(23)32)21-15-17-22(18-16-21)34-30(38)24-11-5-7-13-26(24)33/h3-18H,1-2H3,(H,34,38). The van der Waals surface area contributed by atoms with Crippen molar-refractivity contribution in [3.63, 3.8) is 0 Å². The first-order valence-electron chi connectivity index (χ1n) is 12.1. The number of rotatable bonds is 6. The second-order valence-electron chi connectivity index (χ2n) is 8.81. The van der Waals surface area contributed by atoms with Crippen LogP contribution in [0.1, 0.15) is 22.8 Å². The highest BCUT2D eigenvalue weighted by Gasteiger charge is 2.26. The Bertz CT molecular complexity index is 1690. The van der Waals surface area contributed by atoms with E-state index in [4.69, 9.17) is 9.84 Å². The summed E-state index contributed by atoms with van der Waals surface area (Å²) in [6.07, 6.45) is 0. The summed E-state index contributed by atoms with van der Waals surface area (Å²) in [6.45, 7) is 3.17. The highest BCUT2D eigenvalue weighted by Crippen LogP contribution is 2.42. The zero-order chi connectivity index (χ0) is 27.5. The predicted octanol–water partition coefficient (Wildman–Crippen LogP) is 6.97. The first kappa shape index (κ1) is 25.5. The quantitative estimate of drug-likeness (QED) is 0.244. The van der Waals surface area contributed by atoms with Crippen LogP contribution in [0.3, 0.4) is 0 Å². The van der Waals surface area contributed by atoms with Gasteiger partial charge < -0.3 is 10.1 Å². The molecule has 5 aromatic rings. The average Bonchev–Trinajstić information content (AvgIpc) is 3.27. The van der Waals surface area contributed by atoms with Crippen molar-refractivity contribution in [1.82, 2.24) is 9.78 Å². The Morgan fingerprint density at radius 1 is 0.821 bits per heavy atom. The lowest BCUT2D eigenvalue weighted by Gasteiger charge is -2.12. The van der Waals surface area contributed by atoms with Gasteiger partial charge in [-0.3, -0.25) is 9.59 Å². The van der Waals surface area contributed by atoms with E-state index in [1.165, 1.54) is 35.9 Å². The maximum absolute atomic E-state index is 15.0. The lowest BCUT2D eigenvalue weighted by Crippen LogP contribution is -2.13. The van der Waals surface area contributed by atoms with E-state index in [9.17, 15) is 14.0 Å². The number of carbonyl (C=O) groups excluding carboxylic acids is 2. The Labute approximate surface area is 223 Å². The van der Waals surface area contributed by atoms with Crippen molar-refractivity contribution >= 4 is 17.6 Å². The monoisotopic (exact) mass is 523 g/mol. The fourth-order valence-corrected chi connectivity index (χ4v) is 4.26. The van der Waals surface area contributed by atoms with Gasteiger partial charge in [0.1, 0.15) is 17.3 Å². The van der Waals surface area contributed by atoms with E-state index >= 15 is 4.39 Å². The van der Waals surface area contributed by atoms with E-state index in [0.29, 0.717) is 22.5 Å². The highest BCUT2D eigenvalue weighted by molar-refractivity contribution is 6.04. The van der Waals surface area contributed by atoms with Crippen LogP contribution in [0.2, 0.25) is 0 Å². The maximum Gasteiger partial charge on any atom is 0.309 e. The lowest BCUT2D eigenvalue weighted by molar-refractivity contribution is -0.132. The number of para-hydroxylation sites is 1. The highest BCUT2D eigenvalue weighted by atomic mass is 19.1. The van der Waals surface area contributed by atoms with Crippen LogP contribution in [0.15, 0.2) is 97.1 Å². The van der Waals surface area contributed by atoms with Crippen molar-refractivity contribution in [3.05, 3.63) is 120 Å². The van der Waals surface area contributed by atoms with Crippen LogP contribution in [0, 0.1) is 18.6 Å². The zero-order valence-electron chi connectivity index (χ0n) is 21.1. The minimum Gasteiger partial charge on any atom is -0.407 e. The molecular weight excluding hydrogens is 500 g/mol.